The molecule has 1 amide bonds. The van der Waals surface area contributed by atoms with Gasteiger partial charge in [0.05, 0.1) is 13.0 Å². The zero-order valence-electron chi connectivity index (χ0n) is 11.2. The molecule has 0 aliphatic rings. The molecular weight excluding hydrogens is 252 g/mol. The summed E-state index contributed by atoms with van der Waals surface area (Å²) in [6.07, 6.45) is 0.270. The highest BCUT2D eigenvalue weighted by atomic mass is 16.3. The van der Waals surface area contributed by atoms with Crippen LogP contribution in [0.5, 0.6) is 0 Å². The van der Waals surface area contributed by atoms with Crippen molar-refractivity contribution in [3.05, 3.63) is 65.2 Å². The lowest BCUT2D eigenvalue weighted by Crippen LogP contribution is -2.24. The Kier molecular flexibility index (Phi) is 4.74. The van der Waals surface area contributed by atoms with Crippen molar-refractivity contribution in [3.63, 3.8) is 0 Å². The van der Waals surface area contributed by atoms with Crippen molar-refractivity contribution in [1.29, 1.82) is 0 Å². The first-order valence-corrected chi connectivity index (χ1v) is 6.48. The number of aliphatic hydroxyl groups is 1. The fourth-order valence-corrected chi connectivity index (χ4v) is 1.97. The number of rotatable bonds is 5. The van der Waals surface area contributed by atoms with Crippen molar-refractivity contribution in [1.82, 2.24) is 5.32 Å². The van der Waals surface area contributed by atoms with Gasteiger partial charge in [-0.05, 0) is 22.8 Å². The van der Waals surface area contributed by atoms with Gasteiger partial charge in [0.25, 0.3) is 0 Å². The summed E-state index contributed by atoms with van der Waals surface area (Å²) < 4.78 is 0. The topological polar surface area (TPSA) is 75.4 Å². The number of nitrogen functional groups attached to an aromatic ring is 1. The predicted octanol–water partition coefficient (Wildman–Crippen LogP) is 1.62. The highest BCUT2D eigenvalue weighted by Crippen LogP contribution is 2.11. The lowest BCUT2D eigenvalue weighted by atomic mass is 10.1. The standard InChI is InChI=1S/C16H18N2O2/c17-15-7-2-1-6-14(15)9-16(20)18-10-12-4-3-5-13(8-12)11-19/h1-8,19H,9-11,17H2,(H,18,20). The van der Waals surface area contributed by atoms with E-state index < -0.39 is 0 Å². The van der Waals surface area contributed by atoms with Crippen molar-refractivity contribution in [2.75, 3.05) is 5.73 Å². The average molecular weight is 270 g/mol. The second-order valence-electron chi connectivity index (χ2n) is 4.63. The third kappa shape index (κ3) is 3.83. The molecule has 0 radical (unpaired) electrons. The van der Waals surface area contributed by atoms with E-state index in [9.17, 15) is 4.79 Å². The molecule has 0 saturated carbocycles. The largest absolute Gasteiger partial charge is 0.398 e. The molecule has 0 unspecified atom stereocenters. The fourth-order valence-electron chi connectivity index (χ4n) is 1.97. The van der Waals surface area contributed by atoms with Gasteiger partial charge in [-0.3, -0.25) is 4.79 Å². The Balaban J connectivity index is 1.90. The minimum Gasteiger partial charge on any atom is -0.398 e. The molecule has 0 bridgehead atoms. The summed E-state index contributed by atoms with van der Waals surface area (Å²) in [7, 11) is 0. The summed E-state index contributed by atoms with van der Waals surface area (Å²) in [5.74, 6) is -0.0719. The molecule has 2 aromatic carbocycles. The molecule has 104 valence electrons. The molecule has 0 saturated heterocycles. The van der Waals surface area contributed by atoms with Gasteiger partial charge < -0.3 is 16.2 Å². The Hall–Kier alpha value is -2.33. The number of hydrogen-bond donors (Lipinski definition) is 3. The molecule has 0 heterocycles. The lowest BCUT2D eigenvalue weighted by Gasteiger charge is -2.08. The van der Waals surface area contributed by atoms with Crippen LogP contribution in [0, 0.1) is 0 Å². The molecule has 0 fully saturated rings. The smallest absolute Gasteiger partial charge is 0.224 e. The Morgan fingerprint density at radius 2 is 1.85 bits per heavy atom. The van der Waals surface area contributed by atoms with E-state index in [2.05, 4.69) is 5.32 Å². The summed E-state index contributed by atoms with van der Waals surface area (Å²) in [5, 5.41) is 11.9. The van der Waals surface area contributed by atoms with Gasteiger partial charge in [-0.1, -0.05) is 42.5 Å². The molecule has 0 spiro atoms. The first kappa shape index (κ1) is 14.1. The highest BCUT2D eigenvalue weighted by molar-refractivity contribution is 5.80. The van der Waals surface area contributed by atoms with Crippen molar-refractivity contribution >= 4 is 11.6 Å². The number of hydrogen-bond acceptors (Lipinski definition) is 3. The Morgan fingerprint density at radius 1 is 1.10 bits per heavy atom. The molecule has 4 nitrogen and oxygen atoms in total. The van der Waals surface area contributed by atoms with Gasteiger partial charge in [-0.25, -0.2) is 0 Å². The molecule has 2 rings (SSSR count). The van der Waals surface area contributed by atoms with Gasteiger partial charge in [-0.2, -0.15) is 0 Å². The van der Waals surface area contributed by atoms with Crippen molar-refractivity contribution in [2.24, 2.45) is 0 Å². The van der Waals surface area contributed by atoms with E-state index >= 15 is 0 Å². The van der Waals surface area contributed by atoms with Crippen LogP contribution in [-0.2, 0) is 24.4 Å². The van der Waals surface area contributed by atoms with Crippen LogP contribution in [0.3, 0.4) is 0 Å². The van der Waals surface area contributed by atoms with Crippen molar-refractivity contribution in [3.8, 4) is 0 Å². The van der Waals surface area contributed by atoms with Crippen LogP contribution in [0.15, 0.2) is 48.5 Å². The molecule has 0 atom stereocenters. The SMILES string of the molecule is Nc1ccccc1CC(=O)NCc1cccc(CO)c1. The summed E-state index contributed by atoms with van der Waals surface area (Å²) >= 11 is 0. The zero-order valence-corrected chi connectivity index (χ0v) is 11.2. The van der Waals surface area contributed by atoms with E-state index in [4.69, 9.17) is 10.8 Å². The molecule has 4 N–H and O–H groups in total. The fraction of sp³-hybridized carbons (Fsp3) is 0.188. The highest BCUT2D eigenvalue weighted by Gasteiger charge is 2.05. The van der Waals surface area contributed by atoms with Crippen LogP contribution in [-0.4, -0.2) is 11.0 Å². The van der Waals surface area contributed by atoms with E-state index in [-0.39, 0.29) is 18.9 Å². The Labute approximate surface area is 118 Å². The maximum Gasteiger partial charge on any atom is 0.224 e. The number of carbonyl (C=O) groups is 1. The van der Waals surface area contributed by atoms with Crippen LogP contribution in [0.1, 0.15) is 16.7 Å². The quantitative estimate of drug-likeness (QED) is 0.723. The van der Waals surface area contributed by atoms with Crippen molar-refractivity contribution < 1.29 is 9.90 Å². The van der Waals surface area contributed by atoms with Gasteiger partial charge in [-0.15, -0.1) is 0 Å². The van der Waals surface area contributed by atoms with Crippen LogP contribution >= 0.6 is 0 Å². The number of nitrogens with two attached hydrogens (primary N) is 1. The van der Waals surface area contributed by atoms with Gasteiger partial charge in [0.1, 0.15) is 0 Å². The summed E-state index contributed by atoms with van der Waals surface area (Å²) in [6.45, 7) is 0.446. The molecule has 0 aromatic heterocycles. The maximum atomic E-state index is 11.9. The van der Waals surface area contributed by atoms with Gasteiger partial charge >= 0.3 is 0 Å². The van der Waals surface area contributed by atoms with Crippen LogP contribution < -0.4 is 11.1 Å². The molecular formula is C16H18N2O2. The monoisotopic (exact) mass is 270 g/mol. The number of benzene rings is 2. The second kappa shape index (κ2) is 6.73. The van der Waals surface area contributed by atoms with E-state index in [0.717, 1.165) is 16.7 Å². The van der Waals surface area contributed by atoms with Crippen LogP contribution in [0.2, 0.25) is 0 Å². The number of anilines is 1. The third-order valence-electron chi connectivity index (χ3n) is 3.07. The molecule has 2 aromatic rings. The van der Waals surface area contributed by atoms with E-state index in [1.165, 1.54) is 0 Å². The molecule has 20 heavy (non-hydrogen) atoms. The second-order valence-corrected chi connectivity index (χ2v) is 4.63. The minimum atomic E-state index is -0.0719. The molecule has 0 aliphatic carbocycles. The first-order valence-electron chi connectivity index (χ1n) is 6.48. The number of aliphatic hydroxyl groups excluding tert-OH is 1. The number of para-hydroxylation sites is 1. The summed E-state index contributed by atoms with van der Waals surface area (Å²) in [6, 6.07) is 14.8. The Bertz CT molecular complexity index is 597. The number of nitrogens with one attached hydrogen (secondary N) is 1. The zero-order chi connectivity index (χ0) is 14.4. The summed E-state index contributed by atoms with van der Waals surface area (Å²) in [4.78, 5) is 11.9. The average Bonchev–Trinajstić information content (AvgIpc) is 2.48. The predicted molar refractivity (Wildman–Crippen MR) is 78.8 cm³/mol. The maximum absolute atomic E-state index is 11.9. The van der Waals surface area contributed by atoms with Crippen molar-refractivity contribution in [2.45, 2.75) is 19.6 Å². The van der Waals surface area contributed by atoms with Gasteiger partial charge in [0, 0.05) is 12.2 Å². The first-order chi connectivity index (χ1) is 9.69. The molecule has 0 aliphatic heterocycles. The van der Waals surface area contributed by atoms with Crippen LogP contribution in [0.25, 0.3) is 0 Å². The minimum absolute atomic E-state index is 0.00232. The van der Waals surface area contributed by atoms with Gasteiger partial charge in [0.15, 0.2) is 0 Å². The third-order valence-corrected chi connectivity index (χ3v) is 3.07. The van der Waals surface area contributed by atoms with E-state index in [1.807, 2.05) is 42.5 Å². The van der Waals surface area contributed by atoms with E-state index in [1.54, 1.807) is 6.07 Å². The van der Waals surface area contributed by atoms with E-state index in [0.29, 0.717) is 12.2 Å². The lowest BCUT2D eigenvalue weighted by molar-refractivity contribution is -0.120. The summed E-state index contributed by atoms with van der Waals surface area (Å²) in [5.41, 5.74) is 9.06. The van der Waals surface area contributed by atoms with Gasteiger partial charge in [0.2, 0.25) is 5.91 Å². The number of carbonyl (C=O) groups excluding carboxylic acids is 1. The normalized spacial score (nSPS) is 10.2. The Morgan fingerprint density at radius 3 is 2.60 bits per heavy atom. The number of amides is 1. The van der Waals surface area contributed by atoms with Crippen LogP contribution in [0.4, 0.5) is 5.69 Å². The molecule has 4 heteroatoms.